The van der Waals surface area contributed by atoms with Gasteiger partial charge < -0.3 is 10.5 Å². The summed E-state index contributed by atoms with van der Waals surface area (Å²) in [5, 5.41) is 4.62. The third-order valence-electron chi connectivity index (χ3n) is 5.35. The number of hydrogen-bond donors (Lipinski definition) is 1. The quantitative estimate of drug-likeness (QED) is 0.475. The van der Waals surface area contributed by atoms with Gasteiger partial charge in [-0.15, -0.1) is 0 Å². The first-order valence-electron chi connectivity index (χ1n) is 9.99. The number of hydrogen-bond acceptors (Lipinski definition) is 3. The fourth-order valence-corrected chi connectivity index (χ4v) is 3.91. The molecule has 0 amide bonds. The van der Waals surface area contributed by atoms with Gasteiger partial charge in [-0.25, -0.2) is 0 Å². The van der Waals surface area contributed by atoms with Crippen molar-refractivity contribution in [3.63, 3.8) is 0 Å². The zero-order chi connectivity index (χ0) is 20.3. The first-order valence-corrected chi connectivity index (χ1v) is 9.99. The first kappa shape index (κ1) is 19.2. The maximum atomic E-state index is 12.9. The molecular weight excluding hydrogens is 358 g/mol. The minimum Gasteiger partial charge on any atom is -0.465 e. The van der Waals surface area contributed by atoms with Gasteiger partial charge in [0.2, 0.25) is 0 Å². The highest BCUT2D eigenvalue weighted by Gasteiger charge is 2.36. The molecule has 0 atom stereocenters. The molecule has 0 aliphatic rings. The van der Waals surface area contributed by atoms with E-state index >= 15 is 0 Å². The minimum atomic E-state index is -1.12. The van der Waals surface area contributed by atoms with Gasteiger partial charge in [-0.2, -0.15) is 0 Å². The number of esters is 1. The molecule has 0 unspecified atom stereocenters. The Morgan fingerprint density at radius 3 is 1.66 bits per heavy atom. The lowest BCUT2D eigenvalue weighted by atomic mass is 9.84. The van der Waals surface area contributed by atoms with Gasteiger partial charge in [0.1, 0.15) is 5.54 Å². The van der Waals surface area contributed by atoms with Crippen LogP contribution in [-0.2, 0) is 22.4 Å². The Balaban J connectivity index is 1.67. The van der Waals surface area contributed by atoms with E-state index in [1.807, 2.05) is 43.3 Å². The van der Waals surface area contributed by atoms with Crippen LogP contribution in [0.5, 0.6) is 0 Å². The number of rotatable bonds is 6. The highest BCUT2D eigenvalue weighted by atomic mass is 16.5. The lowest BCUT2D eigenvalue weighted by molar-refractivity contribution is -0.149. The molecule has 2 N–H and O–H groups in total. The lowest BCUT2D eigenvalue weighted by Gasteiger charge is -2.28. The van der Waals surface area contributed by atoms with Crippen LogP contribution in [0.2, 0.25) is 0 Å². The zero-order valence-corrected chi connectivity index (χ0v) is 16.6. The molecule has 0 fully saturated rings. The van der Waals surface area contributed by atoms with Gasteiger partial charge >= 0.3 is 5.97 Å². The molecule has 0 aliphatic carbocycles. The summed E-state index contributed by atoms with van der Waals surface area (Å²) in [7, 11) is 0. The monoisotopic (exact) mass is 383 g/mol. The highest BCUT2D eigenvalue weighted by Crippen LogP contribution is 2.24. The highest BCUT2D eigenvalue weighted by molar-refractivity contribution is 5.86. The molecule has 4 aromatic rings. The molecule has 0 radical (unpaired) electrons. The van der Waals surface area contributed by atoms with E-state index in [0.29, 0.717) is 19.4 Å². The molecule has 0 bridgehead atoms. The Bertz CT molecular complexity index is 1080. The van der Waals surface area contributed by atoms with Gasteiger partial charge in [-0.1, -0.05) is 84.9 Å². The van der Waals surface area contributed by atoms with Crippen molar-refractivity contribution in [1.29, 1.82) is 0 Å². The Morgan fingerprint density at radius 1 is 0.759 bits per heavy atom. The molecule has 0 heterocycles. The van der Waals surface area contributed by atoms with Crippen LogP contribution < -0.4 is 5.73 Å². The van der Waals surface area contributed by atoms with E-state index in [2.05, 4.69) is 48.5 Å². The molecule has 3 nitrogen and oxygen atoms in total. The van der Waals surface area contributed by atoms with Crippen LogP contribution in [0.4, 0.5) is 0 Å². The van der Waals surface area contributed by atoms with E-state index < -0.39 is 5.54 Å². The Hall–Kier alpha value is -3.17. The zero-order valence-electron chi connectivity index (χ0n) is 16.6. The largest absolute Gasteiger partial charge is 0.465 e. The third-order valence-corrected chi connectivity index (χ3v) is 5.35. The molecule has 0 aliphatic heterocycles. The van der Waals surface area contributed by atoms with Gasteiger partial charge in [0.15, 0.2) is 0 Å². The molecular formula is C26H25NO2. The van der Waals surface area contributed by atoms with Crippen molar-refractivity contribution < 1.29 is 9.53 Å². The van der Waals surface area contributed by atoms with E-state index in [1.54, 1.807) is 0 Å². The van der Waals surface area contributed by atoms with Gasteiger partial charge in [0, 0.05) is 12.8 Å². The fourth-order valence-electron chi connectivity index (χ4n) is 3.91. The van der Waals surface area contributed by atoms with E-state index in [1.165, 1.54) is 10.8 Å². The Kier molecular flexibility index (Phi) is 5.32. The van der Waals surface area contributed by atoms with Crippen LogP contribution in [0, 0.1) is 0 Å². The van der Waals surface area contributed by atoms with Gasteiger partial charge in [-0.3, -0.25) is 4.79 Å². The second kappa shape index (κ2) is 8.06. The van der Waals surface area contributed by atoms with Crippen LogP contribution in [0.1, 0.15) is 18.1 Å². The average Bonchev–Trinajstić information content (AvgIpc) is 2.73. The summed E-state index contributed by atoms with van der Waals surface area (Å²) < 4.78 is 5.36. The molecule has 146 valence electrons. The van der Waals surface area contributed by atoms with Crippen LogP contribution in [0.15, 0.2) is 84.9 Å². The normalized spacial score (nSPS) is 11.7. The number of ether oxygens (including phenoxy) is 1. The van der Waals surface area contributed by atoms with Crippen molar-refractivity contribution in [2.45, 2.75) is 25.3 Å². The molecule has 0 saturated heterocycles. The SMILES string of the molecule is CCOC(=O)C(N)(Cc1ccc2ccccc2c1)Cc1ccc2ccccc2c1. The predicted octanol–water partition coefficient (Wildman–Crippen LogP) is 5.04. The van der Waals surface area contributed by atoms with Gasteiger partial charge in [0.05, 0.1) is 6.61 Å². The second-order valence-electron chi connectivity index (χ2n) is 7.59. The average molecular weight is 383 g/mol. The number of fused-ring (bicyclic) bond motifs is 2. The number of benzene rings is 4. The van der Waals surface area contributed by atoms with E-state index in [9.17, 15) is 4.79 Å². The van der Waals surface area contributed by atoms with Gasteiger partial charge in [-0.05, 0) is 39.6 Å². The molecule has 0 spiro atoms. The molecule has 4 rings (SSSR count). The van der Waals surface area contributed by atoms with Crippen molar-refractivity contribution in [3.8, 4) is 0 Å². The van der Waals surface area contributed by atoms with E-state index in [0.717, 1.165) is 21.9 Å². The van der Waals surface area contributed by atoms with Crippen molar-refractivity contribution >= 4 is 27.5 Å². The molecule has 0 aromatic heterocycles. The lowest BCUT2D eigenvalue weighted by Crippen LogP contribution is -2.52. The van der Waals surface area contributed by atoms with Crippen LogP contribution in [0.3, 0.4) is 0 Å². The minimum absolute atomic E-state index is 0.313. The van der Waals surface area contributed by atoms with Crippen LogP contribution in [-0.4, -0.2) is 18.1 Å². The molecule has 3 heteroatoms. The summed E-state index contributed by atoms with van der Waals surface area (Å²) >= 11 is 0. The standard InChI is InChI=1S/C26H25NO2/c1-2-29-25(28)26(27,17-19-11-13-21-7-3-5-9-23(21)15-19)18-20-12-14-22-8-4-6-10-24(22)16-20/h3-16H,2,17-18,27H2,1H3. The van der Waals surface area contributed by atoms with Crippen molar-refractivity contribution in [2.75, 3.05) is 6.61 Å². The Labute approximate surface area is 171 Å². The summed E-state index contributed by atoms with van der Waals surface area (Å²) in [6.07, 6.45) is 0.840. The summed E-state index contributed by atoms with van der Waals surface area (Å²) in [5.74, 6) is -0.360. The maximum Gasteiger partial charge on any atom is 0.326 e. The molecule has 0 saturated carbocycles. The summed E-state index contributed by atoms with van der Waals surface area (Å²) in [6.45, 7) is 2.12. The first-order chi connectivity index (χ1) is 14.1. The smallest absolute Gasteiger partial charge is 0.326 e. The Morgan fingerprint density at radius 2 is 1.21 bits per heavy atom. The predicted molar refractivity (Wildman–Crippen MR) is 119 cm³/mol. The van der Waals surface area contributed by atoms with Crippen LogP contribution in [0.25, 0.3) is 21.5 Å². The van der Waals surface area contributed by atoms with Crippen molar-refractivity contribution in [3.05, 3.63) is 96.1 Å². The maximum absolute atomic E-state index is 12.9. The van der Waals surface area contributed by atoms with E-state index in [4.69, 9.17) is 10.5 Å². The number of nitrogens with two attached hydrogens (primary N) is 1. The molecule has 4 aromatic carbocycles. The summed E-state index contributed by atoms with van der Waals surface area (Å²) in [4.78, 5) is 12.9. The van der Waals surface area contributed by atoms with Gasteiger partial charge in [0.25, 0.3) is 0 Å². The summed E-state index contributed by atoms with van der Waals surface area (Å²) in [6, 6.07) is 28.8. The van der Waals surface area contributed by atoms with Crippen molar-refractivity contribution in [1.82, 2.24) is 0 Å². The van der Waals surface area contributed by atoms with Crippen molar-refractivity contribution in [2.24, 2.45) is 5.73 Å². The second-order valence-corrected chi connectivity index (χ2v) is 7.59. The molecule has 29 heavy (non-hydrogen) atoms. The number of carbonyl (C=O) groups excluding carboxylic acids is 1. The topological polar surface area (TPSA) is 52.3 Å². The number of carbonyl (C=O) groups is 1. The van der Waals surface area contributed by atoms with Crippen LogP contribution >= 0.6 is 0 Å². The fraction of sp³-hybridized carbons (Fsp3) is 0.192. The van der Waals surface area contributed by atoms with E-state index in [-0.39, 0.29) is 5.97 Å². The third kappa shape index (κ3) is 4.15. The summed E-state index contributed by atoms with van der Waals surface area (Å²) in [5.41, 5.74) is 7.64.